The van der Waals surface area contributed by atoms with Crippen LogP contribution in [-0.4, -0.2) is 24.6 Å². The van der Waals surface area contributed by atoms with Gasteiger partial charge in [-0.2, -0.15) is 0 Å². The molecule has 0 aliphatic heterocycles. The Morgan fingerprint density at radius 2 is 2.08 bits per heavy atom. The predicted octanol–water partition coefficient (Wildman–Crippen LogP) is 3.64. The van der Waals surface area contributed by atoms with E-state index in [1.807, 2.05) is 38.1 Å². The van der Waals surface area contributed by atoms with Crippen molar-refractivity contribution >= 4 is 41.3 Å². The number of hydrogen-bond acceptors (Lipinski definition) is 4. The zero-order valence-electron chi connectivity index (χ0n) is 14.5. The Morgan fingerprint density at radius 3 is 2.71 bits per heavy atom. The highest BCUT2D eigenvalue weighted by atomic mass is 127. The van der Waals surface area contributed by atoms with E-state index in [2.05, 4.69) is 27.5 Å². The highest BCUT2D eigenvalue weighted by molar-refractivity contribution is 14.0. The molecule has 132 valence electrons. The maximum absolute atomic E-state index is 5.24. The normalized spacial score (nSPS) is 10.9. The number of aromatic nitrogens is 1. The van der Waals surface area contributed by atoms with Crippen LogP contribution in [0.25, 0.3) is 0 Å². The number of halogens is 1. The van der Waals surface area contributed by atoms with Crippen LogP contribution in [0.2, 0.25) is 0 Å². The van der Waals surface area contributed by atoms with E-state index in [4.69, 9.17) is 4.74 Å². The standard InChI is InChI=1S/C17H24N4OS.HI/c1-5-18-17(20-11-16-12(2)21-13(3)23-16)19-10-14-7-6-8-15(9-14)22-4;/h6-9H,5,10-11H2,1-4H3,(H2,18,19,20);1H. The summed E-state index contributed by atoms with van der Waals surface area (Å²) in [5.74, 6) is 1.66. The van der Waals surface area contributed by atoms with Gasteiger partial charge in [-0.25, -0.2) is 9.98 Å². The van der Waals surface area contributed by atoms with Crippen LogP contribution >= 0.6 is 35.3 Å². The highest BCUT2D eigenvalue weighted by Crippen LogP contribution is 2.16. The van der Waals surface area contributed by atoms with Crippen LogP contribution in [0.15, 0.2) is 29.3 Å². The zero-order chi connectivity index (χ0) is 16.7. The van der Waals surface area contributed by atoms with E-state index < -0.39 is 0 Å². The molecule has 0 amide bonds. The molecule has 0 fully saturated rings. The molecule has 0 spiro atoms. The molecule has 5 nitrogen and oxygen atoms in total. The molecular formula is C17H25IN4OS. The number of benzene rings is 1. The highest BCUT2D eigenvalue weighted by Gasteiger charge is 2.06. The largest absolute Gasteiger partial charge is 0.497 e. The molecule has 0 saturated carbocycles. The summed E-state index contributed by atoms with van der Waals surface area (Å²) in [5.41, 5.74) is 2.20. The number of hydrogen-bond donors (Lipinski definition) is 2. The molecule has 0 aliphatic carbocycles. The van der Waals surface area contributed by atoms with Crippen LogP contribution in [-0.2, 0) is 13.1 Å². The summed E-state index contributed by atoms with van der Waals surface area (Å²) in [6.45, 7) is 8.30. The molecule has 0 aliphatic rings. The minimum Gasteiger partial charge on any atom is -0.497 e. The number of aliphatic imine (C=N–C) groups is 1. The van der Waals surface area contributed by atoms with E-state index in [0.717, 1.165) is 41.1 Å². The average Bonchev–Trinajstić information content (AvgIpc) is 2.88. The Morgan fingerprint density at radius 1 is 1.29 bits per heavy atom. The third kappa shape index (κ3) is 6.27. The molecule has 1 heterocycles. The summed E-state index contributed by atoms with van der Waals surface area (Å²) < 4.78 is 5.24. The number of nitrogens with zero attached hydrogens (tertiary/aromatic N) is 2. The first-order chi connectivity index (χ1) is 11.1. The van der Waals surface area contributed by atoms with E-state index in [0.29, 0.717) is 6.54 Å². The second kappa shape index (κ2) is 10.5. The minimum atomic E-state index is 0. The van der Waals surface area contributed by atoms with Gasteiger partial charge in [-0.15, -0.1) is 35.3 Å². The molecule has 1 aromatic carbocycles. The third-order valence-corrected chi connectivity index (χ3v) is 4.39. The van der Waals surface area contributed by atoms with Crippen molar-refractivity contribution < 1.29 is 4.74 Å². The summed E-state index contributed by atoms with van der Waals surface area (Å²) in [7, 11) is 1.67. The molecule has 2 N–H and O–H groups in total. The van der Waals surface area contributed by atoms with Gasteiger partial charge in [0.25, 0.3) is 0 Å². The fourth-order valence-corrected chi connectivity index (χ4v) is 3.06. The van der Waals surface area contributed by atoms with Gasteiger partial charge in [-0.1, -0.05) is 12.1 Å². The number of rotatable bonds is 6. The van der Waals surface area contributed by atoms with Crippen molar-refractivity contribution in [1.82, 2.24) is 15.6 Å². The van der Waals surface area contributed by atoms with Crippen molar-refractivity contribution in [3.05, 3.63) is 45.4 Å². The lowest BCUT2D eigenvalue weighted by atomic mass is 10.2. The summed E-state index contributed by atoms with van der Waals surface area (Å²) in [5, 5.41) is 7.73. The molecular weight excluding hydrogens is 435 g/mol. The Balaban J connectivity index is 0.00000288. The van der Waals surface area contributed by atoms with Gasteiger partial charge in [0, 0.05) is 11.4 Å². The first-order valence-electron chi connectivity index (χ1n) is 7.70. The first kappa shape index (κ1) is 20.7. The average molecular weight is 460 g/mol. The lowest BCUT2D eigenvalue weighted by Crippen LogP contribution is -2.36. The predicted molar refractivity (Wildman–Crippen MR) is 112 cm³/mol. The fourth-order valence-electron chi connectivity index (χ4n) is 2.18. The molecule has 0 bridgehead atoms. The molecule has 0 unspecified atom stereocenters. The van der Waals surface area contributed by atoms with Gasteiger partial charge in [-0.3, -0.25) is 0 Å². The van der Waals surface area contributed by atoms with Crippen LogP contribution in [0.5, 0.6) is 5.75 Å². The number of nitrogens with one attached hydrogen (secondary N) is 2. The minimum absolute atomic E-state index is 0. The van der Waals surface area contributed by atoms with Crippen molar-refractivity contribution in [3.63, 3.8) is 0 Å². The second-order valence-corrected chi connectivity index (χ2v) is 6.43. The second-order valence-electron chi connectivity index (χ2n) is 5.14. The van der Waals surface area contributed by atoms with Crippen LogP contribution < -0.4 is 15.4 Å². The van der Waals surface area contributed by atoms with Crippen LogP contribution in [0.1, 0.15) is 28.1 Å². The zero-order valence-corrected chi connectivity index (χ0v) is 17.7. The topological polar surface area (TPSA) is 58.5 Å². The van der Waals surface area contributed by atoms with Crippen molar-refractivity contribution in [3.8, 4) is 5.75 Å². The van der Waals surface area contributed by atoms with Crippen molar-refractivity contribution in [2.24, 2.45) is 4.99 Å². The Hall–Kier alpha value is -1.35. The molecule has 2 aromatic rings. The van der Waals surface area contributed by atoms with Gasteiger partial charge in [0.05, 0.1) is 30.9 Å². The molecule has 7 heteroatoms. The molecule has 0 saturated heterocycles. The number of aryl methyl sites for hydroxylation is 2. The van der Waals surface area contributed by atoms with Gasteiger partial charge in [0.1, 0.15) is 5.75 Å². The molecule has 0 atom stereocenters. The Bertz CT molecular complexity index is 672. The van der Waals surface area contributed by atoms with Crippen LogP contribution in [0.3, 0.4) is 0 Å². The molecule has 1 aromatic heterocycles. The summed E-state index contributed by atoms with van der Waals surface area (Å²) in [6, 6.07) is 7.97. The molecule has 24 heavy (non-hydrogen) atoms. The van der Waals surface area contributed by atoms with E-state index in [1.165, 1.54) is 4.88 Å². The molecule has 2 rings (SSSR count). The number of ether oxygens (including phenoxy) is 1. The van der Waals surface area contributed by atoms with Gasteiger partial charge < -0.3 is 15.4 Å². The Labute approximate surface area is 165 Å². The maximum Gasteiger partial charge on any atom is 0.191 e. The van der Waals surface area contributed by atoms with E-state index in [9.17, 15) is 0 Å². The SMILES string of the molecule is CCNC(=NCc1cccc(OC)c1)NCc1sc(C)nc1C.I. The fraction of sp³-hybridized carbons (Fsp3) is 0.412. The number of methoxy groups -OCH3 is 1. The third-order valence-electron chi connectivity index (χ3n) is 3.31. The van der Waals surface area contributed by atoms with Crippen LogP contribution in [0.4, 0.5) is 0 Å². The maximum atomic E-state index is 5.24. The van der Waals surface area contributed by atoms with Crippen molar-refractivity contribution in [2.75, 3.05) is 13.7 Å². The van der Waals surface area contributed by atoms with Gasteiger partial charge >= 0.3 is 0 Å². The van der Waals surface area contributed by atoms with E-state index >= 15 is 0 Å². The van der Waals surface area contributed by atoms with E-state index in [1.54, 1.807) is 18.4 Å². The number of guanidine groups is 1. The summed E-state index contributed by atoms with van der Waals surface area (Å²) in [6.07, 6.45) is 0. The van der Waals surface area contributed by atoms with Gasteiger partial charge in [0.2, 0.25) is 0 Å². The lowest BCUT2D eigenvalue weighted by molar-refractivity contribution is 0.414. The smallest absolute Gasteiger partial charge is 0.191 e. The lowest BCUT2D eigenvalue weighted by Gasteiger charge is -2.11. The van der Waals surface area contributed by atoms with Crippen molar-refractivity contribution in [1.29, 1.82) is 0 Å². The van der Waals surface area contributed by atoms with E-state index in [-0.39, 0.29) is 24.0 Å². The van der Waals surface area contributed by atoms with Gasteiger partial charge in [-0.05, 0) is 38.5 Å². The quantitative estimate of drug-likeness (QED) is 0.393. The van der Waals surface area contributed by atoms with Gasteiger partial charge in [0.15, 0.2) is 5.96 Å². The summed E-state index contributed by atoms with van der Waals surface area (Å²) >= 11 is 1.72. The first-order valence-corrected chi connectivity index (χ1v) is 8.52. The Kier molecular flexibility index (Phi) is 9.05. The number of thiazole rings is 1. The summed E-state index contributed by atoms with van der Waals surface area (Å²) in [4.78, 5) is 10.3. The van der Waals surface area contributed by atoms with Crippen molar-refractivity contribution in [2.45, 2.75) is 33.9 Å². The van der Waals surface area contributed by atoms with Crippen LogP contribution in [0, 0.1) is 13.8 Å². The monoisotopic (exact) mass is 460 g/mol. The molecule has 0 radical (unpaired) electrons.